The summed E-state index contributed by atoms with van der Waals surface area (Å²) in [6.07, 6.45) is 1.97. The van der Waals surface area contributed by atoms with Gasteiger partial charge in [-0.3, -0.25) is 4.79 Å². The maximum Gasteiger partial charge on any atom is 0.254 e. The van der Waals surface area contributed by atoms with Crippen LogP contribution >= 0.6 is 11.3 Å². The lowest BCUT2D eigenvalue weighted by Gasteiger charge is -2.23. The molecule has 0 spiro atoms. The molecule has 4 nitrogen and oxygen atoms in total. The number of aryl methyl sites for hydroxylation is 1. The van der Waals surface area contributed by atoms with Crippen molar-refractivity contribution < 1.29 is 13.2 Å². The van der Waals surface area contributed by atoms with Gasteiger partial charge in [0.25, 0.3) is 5.91 Å². The number of amides is 1. The number of carbonyl (C=O) groups excluding carboxylic acids is 1. The lowest BCUT2D eigenvalue weighted by molar-refractivity contribution is 0.0746. The fraction of sp³-hybridized carbons (Fsp3) is 0.261. The van der Waals surface area contributed by atoms with Gasteiger partial charge >= 0.3 is 0 Å². The Balaban J connectivity index is 1.82. The van der Waals surface area contributed by atoms with Gasteiger partial charge in [0.2, 0.25) is 0 Å². The van der Waals surface area contributed by atoms with E-state index in [9.17, 15) is 13.2 Å². The van der Waals surface area contributed by atoms with Gasteiger partial charge in [0.15, 0.2) is 9.84 Å². The number of thiophene rings is 1. The fourth-order valence-corrected chi connectivity index (χ4v) is 4.89. The average Bonchev–Trinajstić information content (AvgIpc) is 3.09. The van der Waals surface area contributed by atoms with Crippen molar-refractivity contribution in [2.75, 3.05) is 12.8 Å². The molecule has 152 valence electrons. The first-order chi connectivity index (χ1) is 13.8. The molecule has 6 heteroatoms. The molecule has 1 amide bonds. The molecule has 0 aliphatic carbocycles. The van der Waals surface area contributed by atoms with Crippen LogP contribution in [0, 0.1) is 6.92 Å². The van der Waals surface area contributed by atoms with E-state index in [0.29, 0.717) is 24.2 Å². The molecule has 0 unspecified atom stereocenters. The van der Waals surface area contributed by atoms with E-state index in [1.165, 1.54) is 16.7 Å². The summed E-state index contributed by atoms with van der Waals surface area (Å²) in [6, 6.07) is 21.2. The molecular formula is C23H25NO3S2. The third-order valence-electron chi connectivity index (χ3n) is 4.55. The molecule has 0 saturated carbocycles. The Labute approximate surface area is 176 Å². The van der Waals surface area contributed by atoms with E-state index in [1.54, 1.807) is 35.6 Å². The Hall–Kier alpha value is -2.44. The van der Waals surface area contributed by atoms with Gasteiger partial charge in [0, 0.05) is 28.1 Å². The van der Waals surface area contributed by atoms with Crippen molar-refractivity contribution in [2.24, 2.45) is 0 Å². The van der Waals surface area contributed by atoms with Gasteiger partial charge in [-0.2, -0.15) is 0 Å². The van der Waals surface area contributed by atoms with Crippen LogP contribution in [0.4, 0.5) is 0 Å². The second-order valence-corrected chi connectivity index (χ2v) is 10.8. The van der Waals surface area contributed by atoms with Crippen molar-refractivity contribution in [1.29, 1.82) is 0 Å². The van der Waals surface area contributed by atoms with Crippen molar-refractivity contribution in [2.45, 2.75) is 25.6 Å². The van der Waals surface area contributed by atoms with Gasteiger partial charge in [0.05, 0.1) is 12.3 Å². The molecule has 0 atom stereocenters. The van der Waals surface area contributed by atoms with Crippen LogP contribution in [0.1, 0.15) is 31.2 Å². The number of carbonyl (C=O) groups is 1. The molecule has 29 heavy (non-hydrogen) atoms. The van der Waals surface area contributed by atoms with Crippen LogP contribution in [-0.2, 0) is 28.6 Å². The minimum absolute atomic E-state index is 0.0672. The Morgan fingerprint density at radius 3 is 2.34 bits per heavy atom. The largest absolute Gasteiger partial charge is 0.333 e. The molecule has 0 fully saturated rings. The highest BCUT2D eigenvalue weighted by Gasteiger charge is 2.18. The normalized spacial score (nSPS) is 11.4. The fourth-order valence-electron chi connectivity index (χ4n) is 3.20. The molecule has 3 aromatic rings. The second kappa shape index (κ2) is 9.37. The predicted molar refractivity (Wildman–Crippen MR) is 119 cm³/mol. The maximum atomic E-state index is 13.3. The predicted octanol–water partition coefficient (Wildman–Crippen LogP) is 4.49. The van der Waals surface area contributed by atoms with Gasteiger partial charge in [0.1, 0.15) is 0 Å². The topological polar surface area (TPSA) is 54.5 Å². The van der Waals surface area contributed by atoms with Crippen LogP contribution in [0.25, 0.3) is 0 Å². The van der Waals surface area contributed by atoms with Gasteiger partial charge in [-0.1, -0.05) is 42.5 Å². The molecule has 0 aliphatic heterocycles. The third kappa shape index (κ3) is 6.54. The summed E-state index contributed by atoms with van der Waals surface area (Å²) >= 11 is 1.69. The number of rotatable bonds is 8. The Bertz CT molecular complexity index is 1070. The Morgan fingerprint density at radius 1 is 0.966 bits per heavy atom. The van der Waals surface area contributed by atoms with Crippen LogP contribution < -0.4 is 0 Å². The molecule has 0 radical (unpaired) electrons. The quantitative estimate of drug-likeness (QED) is 0.532. The summed E-state index contributed by atoms with van der Waals surface area (Å²) in [7, 11) is -3.16. The highest BCUT2D eigenvalue weighted by molar-refractivity contribution is 7.89. The van der Waals surface area contributed by atoms with Crippen LogP contribution in [0.15, 0.2) is 66.7 Å². The average molecular weight is 428 g/mol. The number of benzene rings is 2. The summed E-state index contributed by atoms with van der Waals surface area (Å²) in [5.41, 5.74) is 2.33. The number of hydrogen-bond donors (Lipinski definition) is 0. The van der Waals surface area contributed by atoms with Gasteiger partial charge in [-0.05, 0) is 48.7 Å². The maximum absolute atomic E-state index is 13.3. The van der Waals surface area contributed by atoms with Crippen LogP contribution in [-0.4, -0.2) is 32.0 Å². The summed E-state index contributed by atoms with van der Waals surface area (Å²) in [5.74, 6) is -0.148. The molecule has 1 heterocycles. The van der Waals surface area contributed by atoms with Crippen molar-refractivity contribution in [3.63, 3.8) is 0 Å². The third-order valence-corrected chi connectivity index (χ3v) is 6.39. The first-order valence-corrected chi connectivity index (χ1v) is 12.3. The lowest BCUT2D eigenvalue weighted by Crippen LogP contribution is -2.32. The summed E-state index contributed by atoms with van der Waals surface area (Å²) in [6.45, 7) is 3.19. The zero-order valence-corrected chi connectivity index (χ0v) is 18.3. The number of nitrogens with zero attached hydrogens (tertiary/aromatic N) is 1. The SMILES string of the molecule is Cc1ccc(CN(CCc2ccccc2)C(=O)c2cccc(CS(C)(=O)=O)c2)s1. The zero-order valence-electron chi connectivity index (χ0n) is 16.7. The number of hydrogen-bond acceptors (Lipinski definition) is 4. The Kier molecular flexibility index (Phi) is 6.87. The highest BCUT2D eigenvalue weighted by atomic mass is 32.2. The highest BCUT2D eigenvalue weighted by Crippen LogP contribution is 2.20. The summed E-state index contributed by atoms with van der Waals surface area (Å²) in [4.78, 5) is 17.5. The minimum Gasteiger partial charge on any atom is -0.333 e. The van der Waals surface area contributed by atoms with Gasteiger partial charge in [-0.25, -0.2) is 8.42 Å². The first kappa shape index (κ1) is 21.3. The van der Waals surface area contributed by atoms with E-state index >= 15 is 0 Å². The van der Waals surface area contributed by atoms with E-state index in [0.717, 1.165) is 11.3 Å². The van der Waals surface area contributed by atoms with Crippen molar-refractivity contribution in [3.05, 3.63) is 93.2 Å². The van der Waals surface area contributed by atoms with E-state index in [4.69, 9.17) is 0 Å². The van der Waals surface area contributed by atoms with Crippen molar-refractivity contribution in [3.8, 4) is 0 Å². The molecule has 1 aromatic heterocycles. The molecule has 0 bridgehead atoms. The van der Waals surface area contributed by atoms with Crippen molar-refractivity contribution >= 4 is 27.1 Å². The van der Waals surface area contributed by atoms with E-state index < -0.39 is 9.84 Å². The summed E-state index contributed by atoms with van der Waals surface area (Å²) in [5, 5.41) is 0. The molecule has 3 rings (SSSR count). The minimum atomic E-state index is -3.16. The number of sulfone groups is 1. The van der Waals surface area contributed by atoms with Gasteiger partial charge in [-0.15, -0.1) is 11.3 Å². The molecule has 0 aliphatic rings. The Morgan fingerprint density at radius 2 is 1.69 bits per heavy atom. The second-order valence-electron chi connectivity index (χ2n) is 7.25. The summed E-state index contributed by atoms with van der Waals surface area (Å²) < 4.78 is 23.2. The zero-order chi connectivity index (χ0) is 20.9. The monoisotopic (exact) mass is 427 g/mol. The molecular weight excluding hydrogens is 402 g/mol. The lowest BCUT2D eigenvalue weighted by atomic mass is 10.1. The van der Waals surface area contributed by atoms with Gasteiger partial charge < -0.3 is 4.90 Å². The molecule has 0 saturated heterocycles. The molecule has 0 N–H and O–H groups in total. The molecule has 2 aromatic carbocycles. The standard InChI is InChI=1S/C23H25NO3S2/c1-18-11-12-22(28-18)16-24(14-13-19-7-4-3-5-8-19)23(25)21-10-6-9-20(15-21)17-29(2,26)27/h3-12,15H,13-14,16-17H2,1-2H3. The van der Waals surface area contributed by atoms with Crippen LogP contribution in [0.3, 0.4) is 0 Å². The smallest absolute Gasteiger partial charge is 0.254 e. The van der Waals surface area contributed by atoms with E-state index in [2.05, 4.69) is 31.2 Å². The van der Waals surface area contributed by atoms with E-state index in [1.807, 2.05) is 23.1 Å². The van der Waals surface area contributed by atoms with Crippen molar-refractivity contribution in [1.82, 2.24) is 4.90 Å². The van der Waals surface area contributed by atoms with E-state index in [-0.39, 0.29) is 11.7 Å². The van der Waals surface area contributed by atoms with Crippen LogP contribution in [0.5, 0.6) is 0 Å². The van der Waals surface area contributed by atoms with Crippen LogP contribution in [0.2, 0.25) is 0 Å². The first-order valence-electron chi connectivity index (χ1n) is 9.45.